The number of nitrogens with zero attached hydrogens (tertiary/aromatic N) is 4. The highest BCUT2D eigenvalue weighted by Gasteiger charge is 2.41. The second-order valence-corrected chi connectivity index (χ2v) is 12.4. The zero-order valence-electron chi connectivity index (χ0n) is 23.6. The summed E-state index contributed by atoms with van der Waals surface area (Å²) in [4.78, 5) is 45.0. The molecule has 2 amide bonds. The standard InChI is InChI=1S/C30H30Cl3F2N5O4/c31-18-2-1-17(21(32)11-18)14-36-30(43)20-15-40(24-13-22(24)34)27-19(29(20)42)12-23(35)28(26(27)33)39-5-3-37(4-6-39)16-25(41)38-7-9-44-10-8-38/h1-2,11-12,15,22,24H,3-10,13-14,16H2,(H,36,43). The number of piperazine rings is 1. The monoisotopic (exact) mass is 667 g/mol. The van der Waals surface area contributed by atoms with Crippen LogP contribution in [0.4, 0.5) is 14.5 Å². The Morgan fingerprint density at radius 2 is 1.73 bits per heavy atom. The Kier molecular flexibility index (Phi) is 9.03. The van der Waals surface area contributed by atoms with Gasteiger partial charge in [-0.3, -0.25) is 19.3 Å². The molecule has 0 bridgehead atoms. The Labute approximate surface area is 267 Å². The molecule has 0 spiro atoms. The maximum Gasteiger partial charge on any atom is 0.257 e. The van der Waals surface area contributed by atoms with E-state index in [4.69, 9.17) is 39.5 Å². The molecule has 2 aliphatic heterocycles. The van der Waals surface area contributed by atoms with Crippen LogP contribution in [0.3, 0.4) is 0 Å². The summed E-state index contributed by atoms with van der Waals surface area (Å²) in [6, 6.07) is 5.25. The van der Waals surface area contributed by atoms with E-state index in [1.54, 1.807) is 21.9 Å². The molecule has 2 unspecified atom stereocenters. The first-order valence-electron chi connectivity index (χ1n) is 14.4. The van der Waals surface area contributed by atoms with Crippen LogP contribution in [0, 0.1) is 5.82 Å². The maximum atomic E-state index is 15.7. The normalized spacial score (nSPS) is 20.7. The number of hydrogen-bond donors (Lipinski definition) is 1. The molecule has 3 heterocycles. The highest BCUT2D eigenvalue weighted by molar-refractivity contribution is 6.38. The van der Waals surface area contributed by atoms with Crippen LogP contribution in [0.2, 0.25) is 15.1 Å². The molecule has 3 aromatic rings. The maximum absolute atomic E-state index is 15.7. The van der Waals surface area contributed by atoms with E-state index in [9.17, 15) is 18.8 Å². The van der Waals surface area contributed by atoms with E-state index in [0.717, 1.165) is 6.07 Å². The van der Waals surface area contributed by atoms with Gasteiger partial charge < -0.3 is 24.4 Å². The van der Waals surface area contributed by atoms with E-state index in [1.807, 2.05) is 4.90 Å². The fourth-order valence-corrected chi connectivity index (χ4v) is 6.64. The number of anilines is 1. The van der Waals surface area contributed by atoms with Crippen molar-refractivity contribution in [2.45, 2.75) is 25.2 Å². The molecule has 14 heteroatoms. The number of rotatable bonds is 7. The minimum Gasteiger partial charge on any atom is -0.378 e. The molecule has 1 aliphatic carbocycles. The van der Waals surface area contributed by atoms with Crippen molar-refractivity contribution < 1.29 is 23.1 Å². The lowest BCUT2D eigenvalue weighted by molar-refractivity contribution is -0.136. The van der Waals surface area contributed by atoms with Gasteiger partial charge in [-0.1, -0.05) is 40.9 Å². The van der Waals surface area contributed by atoms with Gasteiger partial charge in [0, 0.05) is 68.5 Å². The largest absolute Gasteiger partial charge is 0.378 e. The van der Waals surface area contributed by atoms with E-state index >= 15 is 4.39 Å². The van der Waals surface area contributed by atoms with Crippen LogP contribution in [0.15, 0.2) is 35.3 Å². The average Bonchev–Trinajstić information content (AvgIpc) is 3.74. The summed E-state index contributed by atoms with van der Waals surface area (Å²) in [6.45, 7) is 4.26. The van der Waals surface area contributed by atoms with Gasteiger partial charge in [-0.2, -0.15) is 0 Å². The van der Waals surface area contributed by atoms with Crippen molar-refractivity contribution >= 4 is 63.2 Å². The number of carbonyl (C=O) groups excluding carboxylic acids is 2. The summed E-state index contributed by atoms with van der Waals surface area (Å²) in [5, 5.41) is 3.32. The van der Waals surface area contributed by atoms with E-state index in [2.05, 4.69) is 5.32 Å². The Balaban J connectivity index is 1.25. The average molecular weight is 669 g/mol. The molecule has 1 N–H and O–H groups in total. The van der Waals surface area contributed by atoms with Crippen LogP contribution in [-0.4, -0.2) is 91.4 Å². The van der Waals surface area contributed by atoms with Gasteiger partial charge in [-0.25, -0.2) is 8.78 Å². The molecule has 9 nitrogen and oxygen atoms in total. The van der Waals surface area contributed by atoms with Crippen LogP contribution in [0.5, 0.6) is 0 Å². The summed E-state index contributed by atoms with van der Waals surface area (Å²) >= 11 is 19.0. The van der Waals surface area contributed by atoms with Crippen molar-refractivity contribution in [3.05, 3.63) is 72.7 Å². The molecular formula is C30H30Cl3F2N5O4. The van der Waals surface area contributed by atoms with E-state index in [1.165, 1.54) is 16.8 Å². The van der Waals surface area contributed by atoms with Crippen molar-refractivity contribution in [1.82, 2.24) is 19.7 Å². The predicted molar refractivity (Wildman–Crippen MR) is 165 cm³/mol. The second-order valence-electron chi connectivity index (χ2n) is 11.2. The van der Waals surface area contributed by atoms with Crippen molar-refractivity contribution in [1.29, 1.82) is 0 Å². The van der Waals surface area contributed by atoms with Gasteiger partial charge >= 0.3 is 0 Å². The smallest absolute Gasteiger partial charge is 0.257 e. The molecule has 1 saturated carbocycles. The summed E-state index contributed by atoms with van der Waals surface area (Å²) in [5.41, 5.74) is -0.104. The first-order chi connectivity index (χ1) is 21.1. The highest BCUT2D eigenvalue weighted by atomic mass is 35.5. The molecule has 3 aliphatic rings. The van der Waals surface area contributed by atoms with E-state index in [0.29, 0.717) is 68.1 Å². The first-order valence-corrected chi connectivity index (χ1v) is 15.5. The molecular weight excluding hydrogens is 639 g/mol. The molecule has 2 atom stereocenters. The zero-order chi connectivity index (χ0) is 31.1. The third-order valence-corrected chi connectivity index (χ3v) is 9.28. The topological polar surface area (TPSA) is 87.1 Å². The highest BCUT2D eigenvalue weighted by Crippen LogP contribution is 2.44. The van der Waals surface area contributed by atoms with Crippen molar-refractivity contribution in [2.24, 2.45) is 0 Å². The van der Waals surface area contributed by atoms with Crippen LogP contribution >= 0.6 is 34.8 Å². The van der Waals surface area contributed by atoms with Crippen LogP contribution in [0.1, 0.15) is 28.4 Å². The number of halogens is 5. The number of alkyl halides is 1. The minimum absolute atomic E-state index is 0.0134. The molecule has 44 heavy (non-hydrogen) atoms. The molecule has 6 rings (SSSR count). The van der Waals surface area contributed by atoms with Gasteiger partial charge in [0.1, 0.15) is 17.6 Å². The molecule has 2 saturated heterocycles. The van der Waals surface area contributed by atoms with Crippen LogP contribution in [0.25, 0.3) is 10.9 Å². The van der Waals surface area contributed by atoms with Crippen molar-refractivity contribution in [2.75, 3.05) is 63.9 Å². The molecule has 1 aromatic heterocycles. The molecule has 0 radical (unpaired) electrons. The molecule has 3 fully saturated rings. The summed E-state index contributed by atoms with van der Waals surface area (Å²) in [7, 11) is 0. The lowest BCUT2D eigenvalue weighted by Gasteiger charge is -2.37. The van der Waals surface area contributed by atoms with Crippen molar-refractivity contribution in [3.63, 3.8) is 0 Å². The Morgan fingerprint density at radius 3 is 2.39 bits per heavy atom. The molecule has 234 valence electrons. The number of nitrogens with one attached hydrogen (secondary N) is 1. The number of carbonyl (C=O) groups is 2. The SMILES string of the molecule is O=C(NCc1ccc(Cl)cc1Cl)c1cn(C2CC2F)c2c(Cl)c(N3CCN(CC(=O)N4CCOCC4)CC3)c(F)cc2c1=O. The minimum atomic E-state index is -1.19. The van der Waals surface area contributed by atoms with Crippen molar-refractivity contribution in [3.8, 4) is 0 Å². The Bertz CT molecular complexity index is 1670. The first kappa shape index (κ1) is 31.0. The van der Waals surface area contributed by atoms with Gasteiger partial charge in [0.15, 0.2) is 0 Å². The third-order valence-electron chi connectivity index (χ3n) is 8.33. The van der Waals surface area contributed by atoms with Crippen LogP contribution in [-0.2, 0) is 16.1 Å². The summed E-state index contributed by atoms with van der Waals surface area (Å²) in [5.74, 6) is -1.40. The number of fused-ring (bicyclic) bond motifs is 1. The zero-order valence-corrected chi connectivity index (χ0v) is 25.9. The fraction of sp³-hybridized carbons (Fsp3) is 0.433. The number of benzene rings is 2. The second kappa shape index (κ2) is 12.8. The number of aromatic nitrogens is 1. The fourth-order valence-electron chi connectivity index (χ4n) is 5.75. The summed E-state index contributed by atoms with van der Waals surface area (Å²) in [6.07, 6.45) is 0.288. The predicted octanol–water partition coefficient (Wildman–Crippen LogP) is 4.29. The summed E-state index contributed by atoms with van der Waals surface area (Å²) < 4.78 is 37.0. The lowest BCUT2D eigenvalue weighted by Crippen LogP contribution is -2.51. The number of amides is 2. The van der Waals surface area contributed by atoms with E-state index in [-0.39, 0.29) is 52.6 Å². The van der Waals surface area contributed by atoms with Gasteiger partial charge in [0.25, 0.3) is 5.91 Å². The number of ether oxygens (including phenoxy) is 1. The molecule has 2 aromatic carbocycles. The lowest BCUT2D eigenvalue weighted by atomic mass is 10.1. The van der Waals surface area contributed by atoms with Gasteiger partial charge in [-0.05, 0) is 23.8 Å². The number of hydrogen-bond acceptors (Lipinski definition) is 6. The third kappa shape index (κ3) is 6.25. The van der Waals surface area contributed by atoms with Gasteiger partial charge in [0.05, 0.1) is 47.4 Å². The number of morpholine rings is 1. The van der Waals surface area contributed by atoms with E-state index < -0.39 is 29.4 Å². The quantitative estimate of drug-likeness (QED) is 0.405. The van der Waals surface area contributed by atoms with Crippen LogP contribution < -0.4 is 15.6 Å². The van der Waals surface area contributed by atoms with Gasteiger partial charge in [-0.15, -0.1) is 0 Å². The van der Waals surface area contributed by atoms with Gasteiger partial charge in [0.2, 0.25) is 11.3 Å². The Morgan fingerprint density at radius 1 is 1.02 bits per heavy atom. The number of pyridine rings is 1. The Hall–Kier alpha value is -2.96.